The summed E-state index contributed by atoms with van der Waals surface area (Å²) in [6.07, 6.45) is 0.698. The maximum absolute atomic E-state index is 13.9. The standard InChI is InChI=1S/C20H23F2N3O2/c1-27-16-5-2-4-15(14-16)8-9-23-20(26)25-12-10-24(11-13-25)19-17(21)6-3-7-18(19)22/h2-7,14H,8-13H2,1H3,(H,23,26). The lowest BCUT2D eigenvalue weighted by molar-refractivity contribution is 0.194. The summed E-state index contributed by atoms with van der Waals surface area (Å²) in [5, 5.41) is 2.90. The number of methoxy groups -OCH3 is 1. The van der Waals surface area contributed by atoms with Crippen LogP contribution in [0.2, 0.25) is 0 Å². The molecular formula is C20H23F2N3O2. The Morgan fingerprint density at radius 3 is 2.41 bits per heavy atom. The minimum atomic E-state index is -0.578. The highest BCUT2D eigenvalue weighted by atomic mass is 19.1. The van der Waals surface area contributed by atoms with E-state index < -0.39 is 11.6 Å². The minimum Gasteiger partial charge on any atom is -0.497 e. The summed E-state index contributed by atoms with van der Waals surface area (Å²) in [6.45, 7) is 2.12. The molecule has 1 saturated heterocycles. The van der Waals surface area contributed by atoms with Crippen molar-refractivity contribution in [1.29, 1.82) is 0 Å². The van der Waals surface area contributed by atoms with Crippen molar-refractivity contribution < 1.29 is 18.3 Å². The molecule has 1 aliphatic rings. The van der Waals surface area contributed by atoms with E-state index in [9.17, 15) is 13.6 Å². The van der Waals surface area contributed by atoms with Crippen molar-refractivity contribution in [2.75, 3.05) is 44.7 Å². The molecule has 0 radical (unpaired) electrons. The van der Waals surface area contributed by atoms with Gasteiger partial charge in [0.1, 0.15) is 23.1 Å². The zero-order valence-corrected chi connectivity index (χ0v) is 15.3. The zero-order chi connectivity index (χ0) is 19.2. The van der Waals surface area contributed by atoms with E-state index in [2.05, 4.69) is 5.32 Å². The number of hydrogen-bond acceptors (Lipinski definition) is 3. The van der Waals surface area contributed by atoms with E-state index in [-0.39, 0.29) is 11.7 Å². The Labute approximate surface area is 157 Å². The molecule has 0 spiro atoms. The van der Waals surface area contributed by atoms with Crippen molar-refractivity contribution in [2.24, 2.45) is 0 Å². The lowest BCUT2D eigenvalue weighted by Gasteiger charge is -2.36. The molecule has 5 nitrogen and oxygen atoms in total. The second kappa shape index (κ2) is 8.70. The van der Waals surface area contributed by atoms with Crippen LogP contribution in [-0.2, 0) is 6.42 Å². The minimum absolute atomic E-state index is 0.0180. The number of halogens is 2. The molecule has 0 bridgehead atoms. The number of benzene rings is 2. The smallest absolute Gasteiger partial charge is 0.317 e. The number of para-hydroxylation sites is 1. The molecule has 144 valence electrons. The monoisotopic (exact) mass is 375 g/mol. The van der Waals surface area contributed by atoms with Gasteiger partial charge in [0.15, 0.2) is 0 Å². The summed E-state index contributed by atoms with van der Waals surface area (Å²) in [6, 6.07) is 11.4. The predicted octanol–water partition coefficient (Wildman–Crippen LogP) is 3.05. The van der Waals surface area contributed by atoms with Crippen molar-refractivity contribution in [2.45, 2.75) is 6.42 Å². The van der Waals surface area contributed by atoms with Gasteiger partial charge in [-0.15, -0.1) is 0 Å². The highest BCUT2D eigenvalue weighted by Crippen LogP contribution is 2.24. The number of anilines is 1. The molecule has 7 heteroatoms. The summed E-state index contributed by atoms with van der Waals surface area (Å²) >= 11 is 0. The zero-order valence-electron chi connectivity index (χ0n) is 15.3. The Morgan fingerprint density at radius 2 is 1.74 bits per heavy atom. The molecule has 1 fully saturated rings. The van der Waals surface area contributed by atoms with Crippen LogP contribution in [0.4, 0.5) is 19.3 Å². The number of carbonyl (C=O) groups is 1. The number of urea groups is 1. The molecule has 0 aromatic heterocycles. The van der Waals surface area contributed by atoms with E-state index in [1.807, 2.05) is 24.3 Å². The lowest BCUT2D eigenvalue weighted by atomic mass is 10.1. The van der Waals surface area contributed by atoms with Crippen LogP contribution < -0.4 is 15.0 Å². The third kappa shape index (κ3) is 4.67. The Morgan fingerprint density at radius 1 is 1.07 bits per heavy atom. The fourth-order valence-corrected chi connectivity index (χ4v) is 3.18. The van der Waals surface area contributed by atoms with Gasteiger partial charge in [-0.25, -0.2) is 13.6 Å². The molecule has 0 aliphatic carbocycles. The van der Waals surface area contributed by atoms with Gasteiger partial charge in [-0.05, 0) is 36.2 Å². The molecule has 2 aromatic rings. The molecule has 1 aliphatic heterocycles. The molecule has 0 unspecified atom stereocenters. The molecular weight excluding hydrogens is 352 g/mol. The van der Waals surface area contributed by atoms with Crippen LogP contribution in [0.15, 0.2) is 42.5 Å². The summed E-state index contributed by atoms with van der Waals surface area (Å²) in [5.41, 5.74) is 1.06. The number of ether oxygens (including phenoxy) is 1. The molecule has 1 heterocycles. The highest BCUT2D eigenvalue weighted by Gasteiger charge is 2.24. The number of amides is 2. The molecule has 2 aromatic carbocycles. The fourth-order valence-electron chi connectivity index (χ4n) is 3.18. The molecule has 27 heavy (non-hydrogen) atoms. The van der Waals surface area contributed by atoms with Crippen LogP contribution in [0.25, 0.3) is 0 Å². The van der Waals surface area contributed by atoms with Crippen LogP contribution in [-0.4, -0.2) is 50.8 Å². The average molecular weight is 375 g/mol. The van der Waals surface area contributed by atoms with Gasteiger partial charge in [-0.2, -0.15) is 0 Å². The molecule has 1 N–H and O–H groups in total. The van der Waals surface area contributed by atoms with Gasteiger partial charge in [0.25, 0.3) is 0 Å². The SMILES string of the molecule is COc1cccc(CCNC(=O)N2CCN(c3c(F)cccc3F)CC2)c1. The van der Waals surface area contributed by atoms with E-state index in [1.54, 1.807) is 16.9 Å². The summed E-state index contributed by atoms with van der Waals surface area (Å²) in [4.78, 5) is 15.6. The van der Waals surface area contributed by atoms with Gasteiger partial charge in [0.2, 0.25) is 0 Å². The van der Waals surface area contributed by atoms with Gasteiger partial charge >= 0.3 is 6.03 Å². The maximum atomic E-state index is 13.9. The van der Waals surface area contributed by atoms with Crippen molar-refractivity contribution >= 4 is 11.7 Å². The van der Waals surface area contributed by atoms with Crippen molar-refractivity contribution in [3.63, 3.8) is 0 Å². The molecule has 2 amide bonds. The van der Waals surface area contributed by atoms with Crippen molar-refractivity contribution in [3.8, 4) is 5.75 Å². The van der Waals surface area contributed by atoms with Crippen LogP contribution in [0.5, 0.6) is 5.75 Å². The summed E-state index contributed by atoms with van der Waals surface area (Å²) in [7, 11) is 1.62. The van der Waals surface area contributed by atoms with E-state index in [4.69, 9.17) is 4.74 Å². The van der Waals surface area contributed by atoms with Gasteiger partial charge in [0.05, 0.1) is 7.11 Å². The Bertz CT molecular complexity index is 772. The molecule has 0 saturated carbocycles. The van der Waals surface area contributed by atoms with Crippen LogP contribution >= 0.6 is 0 Å². The van der Waals surface area contributed by atoms with Gasteiger partial charge in [-0.1, -0.05) is 18.2 Å². The fraction of sp³-hybridized carbons (Fsp3) is 0.350. The van der Waals surface area contributed by atoms with E-state index in [1.165, 1.54) is 18.2 Å². The normalized spacial score (nSPS) is 14.2. The number of piperazine rings is 1. The van der Waals surface area contributed by atoms with Crippen LogP contribution in [0.1, 0.15) is 5.56 Å². The Hall–Kier alpha value is -2.83. The quantitative estimate of drug-likeness (QED) is 0.874. The average Bonchev–Trinajstić information content (AvgIpc) is 2.68. The molecule has 0 atom stereocenters. The number of rotatable bonds is 5. The second-order valence-electron chi connectivity index (χ2n) is 6.38. The van der Waals surface area contributed by atoms with E-state index in [0.717, 1.165) is 11.3 Å². The predicted molar refractivity (Wildman–Crippen MR) is 100 cm³/mol. The first-order chi connectivity index (χ1) is 13.1. The summed E-state index contributed by atoms with van der Waals surface area (Å²) in [5.74, 6) is -0.368. The van der Waals surface area contributed by atoms with Crippen LogP contribution in [0.3, 0.4) is 0 Å². The van der Waals surface area contributed by atoms with E-state index in [0.29, 0.717) is 39.1 Å². The van der Waals surface area contributed by atoms with Crippen molar-refractivity contribution in [1.82, 2.24) is 10.2 Å². The second-order valence-corrected chi connectivity index (χ2v) is 6.38. The number of nitrogens with one attached hydrogen (secondary N) is 1. The first-order valence-corrected chi connectivity index (χ1v) is 8.93. The third-order valence-electron chi connectivity index (χ3n) is 4.64. The summed E-state index contributed by atoms with van der Waals surface area (Å²) < 4.78 is 33.0. The Kier molecular flexibility index (Phi) is 6.11. The highest BCUT2D eigenvalue weighted by molar-refractivity contribution is 5.74. The first-order valence-electron chi connectivity index (χ1n) is 8.93. The van der Waals surface area contributed by atoms with Gasteiger partial charge < -0.3 is 19.9 Å². The topological polar surface area (TPSA) is 44.8 Å². The number of nitrogens with zero attached hydrogens (tertiary/aromatic N) is 2. The largest absolute Gasteiger partial charge is 0.497 e. The van der Waals surface area contributed by atoms with Gasteiger partial charge in [-0.3, -0.25) is 0 Å². The van der Waals surface area contributed by atoms with Crippen molar-refractivity contribution in [3.05, 3.63) is 59.7 Å². The first kappa shape index (κ1) is 18.9. The van der Waals surface area contributed by atoms with Crippen LogP contribution in [0, 0.1) is 11.6 Å². The maximum Gasteiger partial charge on any atom is 0.317 e. The van der Waals surface area contributed by atoms with E-state index >= 15 is 0 Å². The molecule has 3 rings (SSSR count). The number of hydrogen-bond donors (Lipinski definition) is 1. The number of carbonyl (C=O) groups excluding carboxylic acids is 1. The third-order valence-corrected chi connectivity index (χ3v) is 4.64. The van der Waals surface area contributed by atoms with Gasteiger partial charge in [0, 0.05) is 32.7 Å². The lowest BCUT2D eigenvalue weighted by Crippen LogP contribution is -2.52. The Balaban J connectivity index is 1.47.